The van der Waals surface area contributed by atoms with Crippen LogP contribution >= 0.6 is 0 Å². The number of carboxylic acids is 1. The van der Waals surface area contributed by atoms with Gasteiger partial charge in [-0.25, -0.2) is 4.79 Å². The number of carboxylic acid groups (broad SMARTS) is 1. The second kappa shape index (κ2) is 5.18. The molecule has 1 fully saturated rings. The van der Waals surface area contributed by atoms with Gasteiger partial charge in [-0.05, 0) is 26.2 Å². The van der Waals surface area contributed by atoms with Gasteiger partial charge in [0.1, 0.15) is 0 Å². The lowest BCUT2D eigenvalue weighted by molar-refractivity contribution is -0.151. The van der Waals surface area contributed by atoms with Crippen LogP contribution in [0.2, 0.25) is 0 Å². The first-order valence-corrected chi connectivity index (χ1v) is 5.82. The summed E-state index contributed by atoms with van der Waals surface area (Å²) >= 11 is 0. The van der Waals surface area contributed by atoms with Gasteiger partial charge in [-0.2, -0.15) is 0 Å². The molecule has 0 bridgehead atoms. The monoisotopic (exact) mass is 228 g/mol. The molecule has 5 nitrogen and oxygen atoms in total. The predicted molar refractivity (Wildman–Crippen MR) is 60.2 cm³/mol. The van der Waals surface area contributed by atoms with Crippen LogP contribution in [-0.2, 0) is 4.79 Å². The summed E-state index contributed by atoms with van der Waals surface area (Å²) in [6.07, 6.45) is 1.73. The number of hydrogen-bond donors (Lipinski definition) is 2. The molecule has 0 radical (unpaired) electrons. The molecular weight excluding hydrogens is 208 g/mol. The fourth-order valence-corrected chi connectivity index (χ4v) is 2.12. The van der Waals surface area contributed by atoms with Crippen LogP contribution in [0, 0.1) is 5.41 Å². The number of likely N-dealkylation sites (tertiary alicyclic amines) is 1. The molecule has 1 saturated heterocycles. The van der Waals surface area contributed by atoms with Gasteiger partial charge in [0, 0.05) is 19.6 Å². The van der Waals surface area contributed by atoms with Gasteiger partial charge in [0.25, 0.3) is 0 Å². The molecule has 0 aromatic rings. The van der Waals surface area contributed by atoms with E-state index < -0.39 is 11.4 Å². The Labute approximate surface area is 95.8 Å². The summed E-state index contributed by atoms with van der Waals surface area (Å²) in [5.74, 6) is -0.731. The SMILES string of the molecule is CCNC(=O)N1CCC(CC)(C(=O)O)CC1. The van der Waals surface area contributed by atoms with Gasteiger partial charge >= 0.3 is 12.0 Å². The molecule has 2 amide bonds. The summed E-state index contributed by atoms with van der Waals surface area (Å²) in [5.41, 5.74) is -0.622. The number of nitrogens with zero attached hydrogens (tertiary/aromatic N) is 1. The van der Waals surface area contributed by atoms with Crippen molar-refractivity contribution in [2.24, 2.45) is 5.41 Å². The normalized spacial score (nSPS) is 19.2. The molecule has 92 valence electrons. The molecule has 1 aliphatic rings. The number of hydrogen-bond acceptors (Lipinski definition) is 2. The van der Waals surface area contributed by atoms with Crippen LogP contribution in [0.5, 0.6) is 0 Å². The number of urea groups is 1. The molecule has 2 N–H and O–H groups in total. The summed E-state index contributed by atoms with van der Waals surface area (Å²) < 4.78 is 0. The molecule has 1 rings (SSSR count). The van der Waals surface area contributed by atoms with Crippen molar-refractivity contribution in [1.29, 1.82) is 0 Å². The number of carbonyl (C=O) groups excluding carboxylic acids is 1. The first kappa shape index (κ1) is 12.8. The molecule has 1 aliphatic heterocycles. The molecule has 0 spiro atoms. The van der Waals surface area contributed by atoms with Crippen LogP contribution in [0.4, 0.5) is 4.79 Å². The fraction of sp³-hybridized carbons (Fsp3) is 0.818. The van der Waals surface area contributed by atoms with Crippen molar-refractivity contribution in [2.75, 3.05) is 19.6 Å². The molecule has 0 aliphatic carbocycles. The smallest absolute Gasteiger partial charge is 0.317 e. The van der Waals surface area contributed by atoms with Crippen molar-refractivity contribution in [3.8, 4) is 0 Å². The minimum atomic E-state index is -0.731. The largest absolute Gasteiger partial charge is 0.481 e. The molecule has 0 unspecified atom stereocenters. The van der Waals surface area contributed by atoms with E-state index in [1.165, 1.54) is 0 Å². The molecular formula is C11H20N2O3. The lowest BCUT2D eigenvalue weighted by atomic mass is 9.76. The zero-order valence-corrected chi connectivity index (χ0v) is 9.95. The van der Waals surface area contributed by atoms with Crippen LogP contribution < -0.4 is 5.32 Å². The highest BCUT2D eigenvalue weighted by atomic mass is 16.4. The van der Waals surface area contributed by atoms with E-state index in [1.54, 1.807) is 4.90 Å². The third-order valence-electron chi connectivity index (χ3n) is 3.47. The summed E-state index contributed by atoms with van der Waals surface area (Å²) in [7, 11) is 0. The first-order valence-electron chi connectivity index (χ1n) is 5.82. The van der Waals surface area contributed by atoms with Crippen molar-refractivity contribution in [3.63, 3.8) is 0 Å². The van der Waals surface area contributed by atoms with Crippen LogP contribution in [0.15, 0.2) is 0 Å². The van der Waals surface area contributed by atoms with Crippen molar-refractivity contribution < 1.29 is 14.7 Å². The number of nitrogens with one attached hydrogen (secondary N) is 1. The van der Waals surface area contributed by atoms with Crippen LogP contribution in [0.25, 0.3) is 0 Å². The fourth-order valence-electron chi connectivity index (χ4n) is 2.12. The molecule has 5 heteroatoms. The lowest BCUT2D eigenvalue weighted by Gasteiger charge is -2.38. The van der Waals surface area contributed by atoms with Crippen molar-refractivity contribution >= 4 is 12.0 Å². The average molecular weight is 228 g/mol. The topological polar surface area (TPSA) is 69.6 Å². The molecule has 0 saturated carbocycles. The first-order chi connectivity index (χ1) is 7.55. The minimum absolute atomic E-state index is 0.0856. The predicted octanol–water partition coefficient (Wildman–Crippen LogP) is 1.29. The van der Waals surface area contributed by atoms with Crippen molar-refractivity contribution in [1.82, 2.24) is 10.2 Å². The Morgan fingerprint density at radius 1 is 1.31 bits per heavy atom. The second-order valence-electron chi connectivity index (χ2n) is 4.26. The number of aliphatic carboxylic acids is 1. The average Bonchev–Trinajstić information content (AvgIpc) is 2.29. The van der Waals surface area contributed by atoms with E-state index in [4.69, 9.17) is 0 Å². The highest BCUT2D eigenvalue weighted by molar-refractivity contribution is 5.77. The van der Waals surface area contributed by atoms with Gasteiger partial charge in [0.15, 0.2) is 0 Å². The Bertz CT molecular complexity index is 270. The van der Waals surface area contributed by atoms with E-state index in [9.17, 15) is 14.7 Å². The maximum Gasteiger partial charge on any atom is 0.317 e. The summed E-state index contributed by atoms with van der Waals surface area (Å²) in [4.78, 5) is 24.4. The maximum atomic E-state index is 11.5. The van der Waals surface area contributed by atoms with Crippen LogP contribution in [-0.4, -0.2) is 41.6 Å². The van der Waals surface area contributed by atoms with E-state index in [2.05, 4.69) is 5.32 Å². The molecule has 16 heavy (non-hydrogen) atoms. The summed E-state index contributed by atoms with van der Waals surface area (Å²) in [6.45, 7) is 5.44. The number of amides is 2. The van der Waals surface area contributed by atoms with Gasteiger partial charge in [0.05, 0.1) is 5.41 Å². The Morgan fingerprint density at radius 2 is 1.88 bits per heavy atom. The van der Waals surface area contributed by atoms with Gasteiger partial charge in [-0.3, -0.25) is 4.79 Å². The molecule has 0 atom stereocenters. The van der Waals surface area contributed by atoms with Gasteiger partial charge in [-0.15, -0.1) is 0 Å². The van der Waals surface area contributed by atoms with Gasteiger partial charge in [-0.1, -0.05) is 6.92 Å². The number of rotatable bonds is 3. The quantitative estimate of drug-likeness (QED) is 0.764. The highest BCUT2D eigenvalue weighted by Crippen LogP contribution is 2.34. The van der Waals surface area contributed by atoms with E-state index in [0.29, 0.717) is 38.9 Å². The van der Waals surface area contributed by atoms with Gasteiger partial charge in [0.2, 0.25) is 0 Å². The Hall–Kier alpha value is -1.26. The number of piperidine rings is 1. The molecule has 0 aromatic heterocycles. The third kappa shape index (κ3) is 2.46. The van der Waals surface area contributed by atoms with E-state index >= 15 is 0 Å². The van der Waals surface area contributed by atoms with E-state index in [1.807, 2.05) is 13.8 Å². The molecule has 0 aromatic carbocycles. The Morgan fingerprint density at radius 3 is 2.25 bits per heavy atom. The lowest BCUT2D eigenvalue weighted by Crippen LogP contribution is -2.49. The van der Waals surface area contributed by atoms with E-state index in [-0.39, 0.29) is 6.03 Å². The standard InChI is InChI=1S/C11H20N2O3/c1-3-11(9(14)15)5-7-13(8-6-11)10(16)12-4-2/h3-8H2,1-2H3,(H,12,16)(H,14,15). The second-order valence-corrected chi connectivity index (χ2v) is 4.26. The van der Waals surface area contributed by atoms with Crippen LogP contribution in [0.1, 0.15) is 33.1 Å². The van der Waals surface area contributed by atoms with Gasteiger partial charge < -0.3 is 15.3 Å². The van der Waals surface area contributed by atoms with Crippen molar-refractivity contribution in [3.05, 3.63) is 0 Å². The van der Waals surface area contributed by atoms with Crippen LogP contribution in [0.3, 0.4) is 0 Å². The maximum absolute atomic E-state index is 11.5. The highest BCUT2D eigenvalue weighted by Gasteiger charge is 2.40. The third-order valence-corrected chi connectivity index (χ3v) is 3.47. The van der Waals surface area contributed by atoms with E-state index in [0.717, 1.165) is 0 Å². The number of carbonyl (C=O) groups is 2. The molecule has 1 heterocycles. The summed E-state index contributed by atoms with van der Waals surface area (Å²) in [6, 6.07) is -0.0856. The zero-order chi connectivity index (χ0) is 12.2. The zero-order valence-electron chi connectivity index (χ0n) is 9.95. The summed E-state index contributed by atoms with van der Waals surface area (Å²) in [5, 5.41) is 11.9. The minimum Gasteiger partial charge on any atom is -0.481 e. The Kier molecular flexibility index (Phi) is 4.15. The van der Waals surface area contributed by atoms with Crippen molar-refractivity contribution in [2.45, 2.75) is 33.1 Å². The Balaban J connectivity index is 2.56.